The predicted molar refractivity (Wildman–Crippen MR) is 110 cm³/mol. The highest BCUT2D eigenvalue weighted by Crippen LogP contribution is 2.22. The van der Waals surface area contributed by atoms with E-state index in [2.05, 4.69) is 18.1 Å². The van der Waals surface area contributed by atoms with Crippen molar-refractivity contribution in [3.05, 3.63) is 83.6 Å². The third-order valence-corrected chi connectivity index (χ3v) is 4.94. The second-order valence-corrected chi connectivity index (χ2v) is 7.06. The molecule has 4 rings (SSSR count). The molecule has 3 aromatic heterocycles. The zero-order valence-corrected chi connectivity index (χ0v) is 16.5. The smallest absolute Gasteiger partial charge is 0.207 e. The van der Waals surface area contributed by atoms with Gasteiger partial charge in [-0.1, -0.05) is 24.3 Å². The van der Waals surface area contributed by atoms with Gasteiger partial charge in [0.1, 0.15) is 0 Å². The van der Waals surface area contributed by atoms with Crippen LogP contribution in [0.25, 0.3) is 17.3 Å². The number of quaternary nitrogens is 1. The summed E-state index contributed by atoms with van der Waals surface area (Å²) < 4.78 is 10.1. The molecule has 1 N–H and O–H groups in total. The monoisotopic (exact) mass is 392 g/mol. The summed E-state index contributed by atoms with van der Waals surface area (Å²) in [5.74, 6) is 1.40. The molecule has 0 saturated carbocycles. The van der Waals surface area contributed by atoms with Crippen molar-refractivity contribution in [3.63, 3.8) is 0 Å². The second-order valence-electron chi connectivity index (χ2n) is 6.69. The van der Waals surface area contributed by atoms with Crippen molar-refractivity contribution in [2.24, 2.45) is 0 Å². The van der Waals surface area contributed by atoms with E-state index in [-0.39, 0.29) is 0 Å². The van der Waals surface area contributed by atoms with Crippen LogP contribution < -0.4 is 4.90 Å². The summed E-state index contributed by atoms with van der Waals surface area (Å²) in [6.07, 6.45) is 4.39. The van der Waals surface area contributed by atoms with E-state index in [0.29, 0.717) is 23.0 Å². The van der Waals surface area contributed by atoms with E-state index in [9.17, 15) is 0 Å². The van der Waals surface area contributed by atoms with E-state index < -0.39 is 0 Å². The summed E-state index contributed by atoms with van der Waals surface area (Å²) in [7, 11) is 2.14. The van der Waals surface area contributed by atoms with E-state index in [1.165, 1.54) is 4.90 Å². The Labute approximate surface area is 168 Å². The third kappa shape index (κ3) is 3.95. The van der Waals surface area contributed by atoms with Crippen LogP contribution in [0, 0.1) is 4.77 Å². The van der Waals surface area contributed by atoms with E-state index in [1.807, 2.05) is 70.0 Å². The first-order chi connectivity index (χ1) is 13.7. The number of benzene rings is 1. The maximum atomic E-state index is 5.76. The first kappa shape index (κ1) is 18.3. The van der Waals surface area contributed by atoms with Gasteiger partial charge in [0.25, 0.3) is 0 Å². The lowest BCUT2D eigenvalue weighted by molar-refractivity contribution is -0.903. The molecule has 0 radical (unpaired) electrons. The summed E-state index contributed by atoms with van der Waals surface area (Å²) >= 11 is 5.76. The lowest BCUT2D eigenvalue weighted by atomic mass is 10.2. The van der Waals surface area contributed by atoms with Gasteiger partial charge >= 0.3 is 0 Å². The van der Waals surface area contributed by atoms with E-state index >= 15 is 0 Å². The molecule has 7 heteroatoms. The number of para-hydroxylation sites is 1. The third-order valence-electron chi connectivity index (χ3n) is 4.55. The van der Waals surface area contributed by atoms with Crippen molar-refractivity contribution in [1.82, 2.24) is 19.3 Å². The number of pyridine rings is 1. The molecule has 3 heterocycles. The molecule has 1 atom stereocenters. The molecule has 6 nitrogen and oxygen atoms in total. The van der Waals surface area contributed by atoms with Crippen LogP contribution in [0.5, 0.6) is 0 Å². The highest BCUT2D eigenvalue weighted by Gasteiger charge is 2.18. The topological polar surface area (TPSA) is 53.2 Å². The average molecular weight is 393 g/mol. The predicted octanol–water partition coefficient (Wildman–Crippen LogP) is 2.77. The van der Waals surface area contributed by atoms with Crippen LogP contribution in [-0.4, -0.2) is 32.9 Å². The number of rotatable bonds is 7. The van der Waals surface area contributed by atoms with Gasteiger partial charge in [-0.25, -0.2) is 0 Å². The molecule has 0 aliphatic carbocycles. The molecule has 0 fully saturated rings. The van der Waals surface area contributed by atoms with Crippen molar-refractivity contribution >= 4 is 12.2 Å². The minimum atomic E-state index is 0.648. The highest BCUT2D eigenvalue weighted by molar-refractivity contribution is 7.71. The van der Waals surface area contributed by atoms with Gasteiger partial charge in [0.15, 0.2) is 12.4 Å². The van der Waals surface area contributed by atoms with Crippen molar-refractivity contribution in [3.8, 4) is 17.3 Å². The van der Waals surface area contributed by atoms with Gasteiger partial charge in [0.2, 0.25) is 10.6 Å². The quantitative estimate of drug-likeness (QED) is 0.492. The lowest BCUT2D eigenvalue weighted by Crippen LogP contribution is -3.08. The highest BCUT2D eigenvalue weighted by atomic mass is 32.1. The molecular weight excluding hydrogens is 370 g/mol. The lowest BCUT2D eigenvalue weighted by Gasteiger charge is -2.13. The van der Waals surface area contributed by atoms with Crippen LogP contribution in [0.2, 0.25) is 0 Å². The number of likely N-dealkylation sites (N-methyl/N-ethyl adjacent to an activating group) is 1. The van der Waals surface area contributed by atoms with E-state index in [0.717, 1.165) is 24.3 Å². The van der Waals surface area contributed by atoms with Crippen molar-refractivity contribution in [2.75, 3.05) is 13.6 Å². The van der Waals surface area contributed by atoms with E-state index in [4.69, 9.17) is 21.7 Å². The van der Waals surface area contributed by atoms with Crippen LogP contribution in [0.1, 0.15) is 5.69 Å². The van der Waals surface area contributed by atoms with Crippen LogP contribution in [0.4, 0.5) is 0 Å². The largest absolute Gasteiger partial charge is 0.461 e. The molecule has 0 saturated heterocycles. The second kappa shape index (κ2) is 8.33. The van der Waals surface area contributed by atoms with Crippen LogP contribution >= 0.6 is 12.2 Å². The van der Waals surface area contributed by atoms with Gasteiger partial charge < -0.3 is 9.32 Å². The van der Waals surface area contributed by atoms with Crippen LogP contribution in [0.15, 0.2) is 77.5 Å². The molecule has 0 amide bonds. The summed E-state index contributed by atoms with van der Waals surface area (Å²) in [6.45, 7) is 1.60. The molecule has 1 aromatic carbocycles. The van der Waals surface area contributed by atoms with Crippen molar-refractivity contribution in [1.29, 1.82) is 0 Å². The first-order valence-corrected chi connectivity index (χ1v) is 9.63. The molecule has 0 bridgehead atoms. The fourth-order valence-corrected chi connectivity index (χ4v) is 3.41. The minimum absolute atomic E-state index is 0.648. The number of hydrogen-bond donors (Lipinski definition) is 1. The normalized spacial score (nSPS) is 12.2. The number of aromatic nitrogens is 4. The Morgan fingerprint density at radius 1 is 1.04 bits per heavy atom. The Kier molecular flexibility index (Phi) is 5.45. The van der Waals surface area contributed by atoms with Crippen LogP contribution in [0.3, 0.4) is 0 Å². The Balaban J connectivity index is 1.60. The Hall–Kier alpha value is -3.03. The molecule has 1 unspecified atom stereocenters. The first-order valence-electron chi connectivity index (χ1n) is 9.23. The number of furan rings is 1. The fourth-order valence-electron chi connectivity index (χ4n) is 3.11. The average Bonchev–Trinajstić information content (AvgIpc) is 3.37. The Morgan fingerprint density at radius 2 is 1.86 bits per heavy atom. The zero-order chi connectivity index (χ0) is 19.3. The number of nitrogens with one attached hydrogen (secondary N) is 1. The number of nitrogens with zero attached hydrogens (tertiary/aromatic N) is 4. The molecule has 28 heavy (non-hydrogen) atoms. The summed E-state index contributed by atoms with van der Waals surface area (Å²) in [5.41, 5.74) is 2.06. The molecule has 0 aliphatic heterocycles. The fraction of sp³-hybridized carbons (Fsp3) is 0.190. The van der Waals surface area contributed by atoms with Gasteiger partial charge in [-0.2, -0.15) is 4.68 Å². The zero-order valence-electron chi connectivity index (χ0n) is 15.7. The molecule has 0 spiro atoms. The van der Waals surface area contributed by atoms with Gasteiger partial charge in [-0.15, -0.1) is 5.10 Å². The standard InChI is InChI=1S/C21H21N5OS/c1-24(14-12-17-8-5-6-13-22-17)16-25-21(28)26(18-9-3-2-4-10-18)20(23-25)19-11-7-15-27-19/h2-11,13,15H,12,14,16H2,1H3/p+1. The summed E-state index contributed by atoms with van der Waals surface area (Å²) in [6, 6.07) is 19.8. The maximum Gasteiger partial charge on any atom is 0.207 e. The Morgan fingerprint density at radius 3 is 2.57 bits per heavy atom. The van der Waals surface area contributed by atoms with Crippen molar-refractivity contribution < 1.29 is 9.32 Å². The SMILES string of the molecule is C[NH+](CCc1ccccn1)Cn1nc(-c2ccco2)n(-c2ccccc2)c1=S. The minimum Gasteiger partial charge on any atom is -0.461 e. The van der Waals surface area contributed by atoms with Gasteiger partial charge in [-0.05, 0) is 48.6 Å². The maximum absolute atomic E-state index is 5.76. The molecule has 142 valence electrons. The van der Waals surface area contributed by atoms with E-state index in [1.54, 1.807) is 6.26 Å². The number of hydrogen-bond acceptors (Lipinski definition) is 4. The molecular formula is C21H22N5OS+. The summed E-state index contributed by atoms with van der Waals surface area (Å²) in [5, 5.41) is 4.77. The molecule has 0 aliphatic rings. The molecule has 4 aromatic rings. The van der Waals surface area contributed by atoms with Gasteiger partial charge in [0.05, 0.1) is 25.5 Å². The van der Waals surface area contributed by atoms with Crippen LogP contribution in [-0.2, 0) is 13.1 Å². The van der Waals surface area contributed by atoms with Crippen molar-refractivity contribution in [2.45, 2.75) is 13.1 Å². The summed E-state index contributed by atoms with van der Waals surface area (Å²) in [4.78, 5) is 5.69. The van der Waals surface area contributed by atoms with Gasteiger partial charge in [-0.3, -0.25) is 9.55 Å². The van der Waals surface area contributed by atoms with Gasteiger partial charge in [0, 0.05) is 18.3 Å². The Bertz CT molecular complexity index is 1070.